The summed E-state index contributed by atoms with van der Waals surface area (Å²) in [4.78, 5) is 0. The van der Waals surface area contributed by atoms with Gasteiger partial charge in [0.25, 0.3) is 0 Å². The molecule has 0 saturated heterocycles. The Morgan fingerprint density at radius 2 is 1.32 bits per heavy atom. The number of aromatic nitrogens is 1. The number of thiophene rings is 1. The smallest absolute Gasteiger partial charge is 0.0541 e. The number of hydrogen-bond acceptors (Lipinski definition) is 1. The van der Waals surface area contributed by atoms with Crippen molar-refractivity contribution in [3.8, 4) is 16.8 Å². The quantitative estimate of drug-likeness (QED) is 0.226. The van der Waals surface area contributed by atoms with E-state index in [1.807, 2.05) is 11.3 Å². The molecular weight excluding hydrogens is 478 g/mol. The van der Waals surface area contributed by atoms with Crippen molar-refractivity contribution in [2.45, 2.75) is 12.8 Å². The Labute approximate surface area is 225 Å². The first-order chi connectivity index (χ1) is 18.8. The van der Waals surface area contributed by atoms with Gasteiger partial charge in [-0.3, -0.25) is 0 Å². The van der Waals surface area contributed by atoms with Gasteiger partial charge in [-0.15, -0.1) is 11.3 Å². The summed E-state index contributed by atoms with van der Waals surface area (Å²) in [5.41, 5.74) is 8.94. The lowest BCUT2D eigenvalue weighted by Gasteiger charge is -2.13. The summed E-state index contributed by atoms with van der Waals surface area (Å²) >= 11 is 1.87. The molecule has 0 aliphatic heterocycles. The van der Waals surface area contributed by atoms with Crippen LogP contribution in [0.4, 0.5) is 0 Å². The number of fused-ring (bicyclic) bond motifs is 6. The minimum absolute atomic E-state index is 1.10. The Balaban J connectivity index is 1.32. The van der Waals surface area contributed by atoms with E-state index in [2.05, 4.69) is 132 Å². The van der Waals surface area contributed by atoms with E-state index in [-0.39, 0.29) is 0 Å². The molecule has 1 nitrogen and oxygen atoms in total. The number of para-hydroxylation sites is 1. The van der Waals surface area contributed by atoms with Gasteiger partial charge in [0.05, 0.1) is 11.0 Å². The van der Waals surface area contributed by atoms with E-state index < -0.39 is 0 Å². The van der Waals surface area contributed by atoms with E-state index in [0.717, 1.165) is 12.8 Å². The van der Waals surface area contributed by atoms with Crippen LogP contribution in [0, 0.1) is 0 Å². The van der Waals surface area contributed by atoms with Crippen LogP contribution >= 0.6 is 11.3 Å². The van der Waals surface area contributed by atoms with Gasteiger partial charge in [-0.25, -0.2) is 0 Å². The molecule has 0 atom stereocenters. The molecule has 5 aromatic carbocycles. The molecule has 7 aromatic rings. The maximum absolute atomic E-state index is 2.42. The maximum Gasteiger partial charge on any atom is 0.0541 e. The minimum atomic E-state index is 1.10. The summed E-state index contributed by atoms with van der Waals surface area (Å²) in [5.74, 6) is 0. The van der Waals surface area contributed by atoms with Crippen molar-refractivity contribution in [2.75, 3.05) is 0 Å². The van der Waals surface area contributed by atoms with Gasteiger partial charge in [0.15, 0.2) is 0 Å². The summed E-state index contributed by atoms with van der Waals surface area (Å²) in [6.45, 7) is 0. The minimum Gasteiger partial charge on any atom is -0.309 e. The molecular formula is C36H25NS. The van der Waals surface area contributed by atoms with Crippen LogP contribution in [0.3, 0.4) is 0 Å². The largest absolute Gasteiger partial charge is 0.309 e. The lowest BCUT2D eigenvalue weighted by molar-refractivity contribution is 1.05. The molecule has 0 saturated carbocycles. The Bertz CT molecular complexity index is 2080. The number of benzene rings is 5. The zero-order valence-corrected chi connectivity index (χ0v) is 21.7. The van der Waals surface area contributed by atoms with Crippen molar-refractivity contribution >= 4 is 58.9 Å². The van der Waals surface area contributed by atoms with E-state index in [9.17, 15) is 0 Å². The first-order valence-corrected chi connectivity index (χ1v) is 14.1. The lowest BCUT2D eigenvalue weighted by atomic mass is 9.97. The Kier molecular flexibility index (Phi) is 4.89. The molecule has 1 aliphatic rings. The second-order valence-electron chi connectivity index (χ2n) is 10.1. The molecule has 0 radical (unpaired) electrons. The Morgan fingerprint density at radius 3 is 2.21 bits per heavy atom. The van der Waals surface area contributed by atoms with E-state index in [0.29, 0.717) is 0 Å². The molecule has 0 fully saturated rings. The van der Waals surface area contributed by atoms with Crippen LogP contribution in [0.1, 0.15) is 18.4 Å². The second kappa shape index (κ2) is 8.58. The van der Waals surface area contributed by atoms with Crippen LogP contribution in [0.25, 0.3) is 64.4 Å². The highest BCUT2D eigenvalue weighted by molar-refractivity contribution is 7.25. The van der Waals surface area contributed by atoms with Gasteiger partial charge in [0.1, 0.15) is 0 Å². The van der Waals surface area contributed by atoms with Crippen LogP contribution in [0.2, 0.25) is 0 Å². The van der Waals surface area contributed by atoms with Crippen molar-refractivity contribution in [1.29, 1.82) is 0 Å². The average Bonchev–Trinajstić information content (AvgIpc) is 3.53. The van der Waals surface area contributed by atoms with Crippen molar-refractivity contribution in [3.05, 3.63) is 133 Å². The van der Waals surface area contributed by atoms with Crippen molar-refractivity contribution < 1.29 is 0 Å². The fourth-order valence-corrected chi connectivity index (χ4v) is 7.11. The number of allylic oxidation sites excluding steroid dienone is 4. The second-order valence-corrected chi connectivity index (χ2v) is 11.2. The number of nitrogens with zero attached hydrogens (tertiary/aromatic N) is 1. The lowest BCUT2D eigenvalue weighted by Crippen LogP contribution is -1.96. The Hall–Kier alpha value is -4.40. The van der Waals surface area contributed by atoms with Gasteiger partial charge >= 0.3 is 0 Å². The highest BCUT2D eigenvalue weighted by atomic mass is 32.1. The molecule has 2 heterocycles. The van der Waals surface area contributed by atoms with Crippen LogP contribution in [0.5, 0.6) is 0 Å². The van der Waals surface area contributed by atoms with Crippen molar-refractivity contribution in [1.82, 2.24) is 4.57 Å². The average molecular weight is 504 g/mol. The summed E-state index contributed by atoms with van der Waals surface area (Å²) < 4.78 is 5.11. The third kappa shape index (κ3) is 3.38. The molecule has 2 heteroatoms. The molecule has 0 spiro atoms. The first kappa shape index (κ1) is 21.7. The Morgan fingerprint density at radius 1 is 0.553 bits per heavy atom. The van der Waals surface area contributed by atoms with Crippen molar-refractivity contribution in [2.24, 2.45) is 0 Å². The highest BCUT2D eigenvalue weighted by Gasteiger charge is 2.15. The van der Waals surface area contributed by atoms with Crippen LogP contribution in [-0.4, -0.2) is 4.57 Å². The fourth-order valence-electron chi connectivity index (χ4n) is 6.02. The van der Waals surface area contributed by atoms with Gasteiger partial charge in [-0.1, -0.05) is 78.9 Å². The summed E-state index contributed by atoms with van der Waals surface area (Å²) in [6, 6.07) is 40.4. The van der Waals surface area contributed by atoms with E-state index in [4.69, 9.17) is 0 Å². The predicted octanol–water partition coefficient (Wildman–Crippen LogP) is 10.6. The summed E-state index contributed by atoms with van der Waals surface area (Å²) in [5, 5.41) is 5.26. The fraction of sp³-hybridized carbons (Fsp3) is 0.0556. The number of hydrogen-bond donors (Lipinski definition) is 0. The molecule has 38 heavy (non-hydrogen) atoms. The maximum atomic E-state index is 2.42. The number of rotatable bonds is 3. The van der Waals surface area contributed by atoms with Gasteiger partial charge in [-0.05, 0) is 83.6 Å². The van der Waals surface area contributed by atoms with Gasteiger partial charge < -0.3 is 4.57 Å². The van der Waals surface area contributed by atoms with Crippen LogP contribution in [0.15, 0.2) is 127 Å². The third-order valence-electron chi connectivity index (χ3n) is 7.87. The molecule has 0 unspecified atom stereocenters. The van der Waals surface area contributed by atoms with E-state index in [1.165, 1.54) is 69.9 Å². The molecule has 0 bridgehead atoms. The normalized spacial score (nSPS) is 13.6. The van der Waals surface area contributed by atoms with Crippen LogP contribution < -0.4 is 0 Å². The van der Waals surface area contributed by atoms with Gasteiger partial charge in [0, 0.05) is 36.6 Å². The molecule has 0 N–H and O–H groups in total. The highest BCUT2D eigenvalue weighted by Crippen LogP contribution is 2.39. The third-order valence-corrected chi connectivity index (χ3v) is 9.02. The summed E-state index contributed by atoms with van der Waals surface area (Å²) in [7, 11) is 0. The van der Waals surface area contributed by atoms with E-state index in [1.54, 1.807) is 0 Å². The zero-order valence-electron chi connectivity index (χ0n) is 20.9. The molecule has 180 valence electrons. The van der Waals surface area contributed by atoms with Crippen LogP contribution in [-0.2, 0) is 0 Å². The zero-order chi connectivity index (χ0) is 25.1. The SMILES string of the molecule is C1=CCCC(c2cccc(-n3c4ccccc4c4cc(-c5ccc6sc7ccccc7c6c5)ccc43)c2)=C1. The van der Waals surface area contributed by atoms with Gasteiger partial charge in [0.2, 0.25) is 0 Å². The molecule has 2 aromatic heterocycles. The van der Waals surface area contributed by atoms with Gasteiger partial charge in [-0.2, -0.15) is 0 Å². The van der Waals surface area contributed by atoms with Crippen molar-refractivity contribution in [3.63, 3.8) is 0 Å². The topological polar surface area (TPSA) is 4.93 Å². The molecule has 1 aliphatic carbocycles. The molecule has 8 rings (SSSR count). The standard InChI is InChI=1S/C36H25NS/c1-2-9-24(10-3-1)25-11-8-12-28(21-25)37-33-15-6-4-13-29(33)31-22-26(17-19-34(31)37)27-18-20-36-32(23-27)30-14-5-7-16-35(30)38-36/h1-2,4-9,11-23H,3,10H2. The first-order valence-electron chi connectivity index (χ1n) is 13.2. The van der Waals surface area contributed by atoms with E-state index >= 15 is 0 Å². The molecule has 0 amide bonds. The predicted molar refractivity (Wildman–Crippen MR) is 165 cm³/mol. The summed E-state index contributed by atoms with van der Waals surface area (Å²) in [6.07, 6.45) is 8.90. The monoisotopic (exact) mass is 503 g/mol.